The molecule has 1 atom stereocenters. The molecule has 32 heavy (non-hydrogen) atoms. The fourth-order valence-corrected chi connectivity index (χ4v) is 5.07. The van der Waals surface area contributed by atoms with Crippen LogP contribution >= 0.6 is 0 Å². The Morgan fingerprint density at radius 3 is 2.69 bits per heavy atom. The first kappa shape index (κ1) is 22.8. The topological polar surface area (TPSA) is 67.3 Å². The highest BCUT2D eigenvalue weighted by atomic mass is 16.5. The van der Waals surface area contributed by atoms with Crippen molar-refractivity contribution < 1.29 is 4.74 Å². The largest absolute Gasteiger partial charge is 0.369 e. The molecule has 0 aromatic carbocycles. The number of anilines is 1. The van der Waals surface area contributed by atoms with E-state index in [1.54, 1.807) is 17.5 Å². The molecule has 4 rings (SSSR count). The monoisotopic (exact) mass is 436 g/mol. The Labute approximate surface area is 192 Å². The summed E-state index contributed by atoms with van der Waals surface area (Å²) in [5, 5.41) is 0. The molecule has 1 saturated heterocycles. The van der Waals surface area contributed by atoms with Crippen LogP contribution in [0.4, 0.5) is 5.95 Å². The average molecular weight is 437 g/mol. The smallest absolute Gasteiger partial charge is 0.225 e. The van der Waals surface area contributed by atoms with Crippen LogP contribution in [0.2, 0.25) is 0 Å². The van der Waals surface area contributed by atoms with Gasteiger partial charge in [-0.25, -0.2) is 19.9 Å². The SMILES string of the molecule is CC1=C(CCN2CCO[C@H](c3nc(N(C)C)ncc3-c3cncnc3)C2)C(C)(C)CCC1. The Morgan fingerprint density at radius 2 is 1.97 bits per heavy atom. The molecule has 7 nitrogen and oxygen atoms in total. The molecule has 7 heteroatoms. The third-order valence-corrected chi connectivity index (χ3v) is 6.90. The standard InChI is InChI=1S/C25H36N6O/c1-18-7-6-9-25(2,3)21(18)8-10-31-11-12-32-22(16-31)23-20(19-13-26-17-27-14-19)15-28-24(29-23)30(4)5/h13-15,17,22H,6-12,16H2,1-5H3/t22-/m0/s1. The Bertz CT molecular complexity index is 956. The van der Waals surface area contributed by atoms with E-state index in [9.17, 15) is 0 Å². The fourth-order valence-electron chi connectivity index (χ4n) is 5.07. The van der Waals surface area contributed by atoms with E-state index in [-0.39, 0.29) is 6.10 Å². The summed E-state index contributed by atoms with van der Waals surface area (Å²) in [6.45, 7) is 10.7. The van der Waals surface area contributed by atoms with Gasteiger partial charge >= 0.3 is 0 Å². The lowest BCUT2D eigenvalue weighted by molar-refractivity contribution is -0.0316. The number of allylic oxidation sites excluding steroid dienone is 1. The minimum absolute atomic E-state index is 0.102. The van der Waals surface area contributed by atoms with Gasteiger partial charge in [0, 0.05) is 63.4 Å². The van der Waals surface area contributed by atoms with Gasteiger partial charge in [0.25, 0.3) is 0 Å². The second kappa shape index (κ2) is 9.63. The van der Waals surface area contributed by atoms with Crippen molar-refractivity contribution in [2.24, 2.45) is 5.41 Å². The Balaban J connectivity index is 1.55. The van der Waals surface area contributed by atoms with Crippen molar-refractivity contribution in [3.05, 3.63) is 41.8 Å². The van der Waals surface area contributed by atoms with Crippen molar-refractivity contribution in [3.63, 3.8) is 0 Å². The Hall–Kier alpha value is -2.38. The van der Waals surface area contributed by atoms with Gasteiger partial charge in [0.15, 0.2) is 0 Å². The minimum atomic E-state index is -0.102. The minimum Gasteiger partial charge on any atom is -0.369 e. The Kier molecular flexibility index (Phi) is 6.86. The number of hydrogen-bond acceptors (Lipinski definition) is 7. The fraction of sp³-hybridized carbons (Fsp3) is 0.600. The molecule has 1 aliphatic carbocycles. The number of morpholine rings is 1. The quantitative estimate of drug-likeness (QED) is 0.626. The van der Waals surface area contributed by atoms with Crippen LogP contribution in [0.1, 0.15) is 58.3 Å². The van der Waals surface area contributed by atoms with E-state index in [1.807, 2.05) is 37.6 Å². The van der Waals surface area contributed by atoms with E-state index in [1.165, 1.54) is 19.3 Å². The van der Waals surface area contributed by atoms with E-state index in [4.69, 9.17) is 9.72 Å². The van der Waals surface area contributed by atoms with Gasteiger partial charge < -0.3 is 9.64 Å². The highest BCUT2D eigenvalue weighted by molar-refractivity contribution is 5.64. The summed E-state index contributed by atoms with van der Waals surface area (Å²) < 4.78 is 6.24. The molecule has 1 fully saturated rings. The van der Waals surface area contributed by atoms with Crippen molar-refractivity contribution in [2.45, 2.75) is 52.6 Å². The van der Waals surface area contributed by atoms with Crippen molar-refractivity contribution in [1.29, 1.82) is 0 Å². The molecule has 0 radical (unpaired) electrons. The summed E-state index contributed by atoms with van der Waals surface area (Å²) in [7, 11) is 3.92. The molecule has 0 spiro atoms. The average Bonchev–Trinajstić information content (AvgIpc) is 2.78. The first-order chi connectivity index (χ1) is 15.3. The predicted molar refractivity (Wildman–Crippen MR) is 127 cm³/mol. The van der Waals surface area contributed by atoms with Gasteiger partial charge in [-0.05, 0) is 38.0 Å². The summed E-state index contributed by atoms with van der Waals surface area (Å²) in [5.74, 6) is 0.686. The molecule has 0 saturated carbocycles. The normalized spacial score (nSPS) is 21.6. The zero-order valence-electron chi connectivity index (χ0n) is 20.1. The van der Waals surface area contributed by atoms with Gasteiger partial charge in [-0.3, -0.25) is 4.90 Å². The second-order valence-electron chi connectivity index (χ2n) is 9.90. The molecular formula is C25H36N6O. The maximum Gasteiger partial charge on any atom is 0.225 e. The van der Waals surface area contributed by atoms with Crippen LogP contribution in [0.5, 0.6) is 0 Å². The van der Waals surface area contributed by atoms with E-state index in [0.29, 0.717) is 18.0 Å². The maximum absolute atomic E-state index is 6.24. The van der Waals surface area contributed by atoms with Gasteiger partial charge in [0.05, 0.1) is 12.3 Å². The molecule has 0 amide bonds. The number of aromatic nitrogens is 4. The summed E-state index contributed by atoms with van der Waals surface area (Å²) in [6, 6.07) is 0. The molecule has 2 aromatic rings. The maximum atomic E-state index is 6.24. The lowest BCUT2D eigenvalue weighted by Crippen LogP contribution is -2.40. The highest BCUT2D eigenvalue weighted by Crippen LogP contribution is 2.42. The van der Waals surface area contributed by atoms with Crippen LogP contribution in [0.15, 0.2) is 36.1 Å². The summed E-state index contributed by atoms with van der Waals surface area (Å²) in [6.07, 6.45) is 11.9. The van der Waals surface area contributed by atoms with Crippen molar-refractivity contribution in [2.75, 3.05) is 45.2 Å². The van der Waals surface area contributed by atoms with Crippen molar-refractivity contribution in [1.82, 2.24) is 24.8 Å². The van der Waals surface area contributed by atoms with Gasteiger partial charge in [0.1, 0.15) is 12.4 Å². The van der Waals surface area contributed by atoms with Crippen LogP contribution in [0.3, 0.4) is 0 Å². The predicted octanol–water partition coefficient (Wildman–Crippen LogP) is 4.29. The second-order valence-corrected chi connectivity index (χ2v) is 9.90. The summed E-state index contributed by atoms with van der Waals surface area (Å²) in [5.41, 5.74) is 6.35. The van der Waals surface area contributed by atoms with E-state index >= 15 is 0 Å². The number of ether oxygens (including phenoxy) is 1. The number of rotatable bonds is 6. The lowest BCUT2D eigenvalue weighted by Gasteiger charge is -2.38. The van der Waals surface area contributed by atoms with Gasteiger partial charge in [-0.15, -0.1) is 0 Å². The van der Waals surface area contributed by atoms with Crippen molar-refractivity contribution >= 4 is 5.95 Å². The van der Waals surface area contributed by atoms with E-state index < -0.39 is 0 Å². The zero-order valence-corrected chi connectivity index (χ0v) is 20.1. The molecule has 2 aromatic heterocycles. The van der Waals surface area contributed by atoms with E-state index in [2.05, 4.69) is 40.6 Å². The molecule has 1 aliphatic heterocycles. The zero-order chi connectivity index (χ0) is 22.7. The Morgan fingerprint density at radius 1 is 1.19 bits per heavy atom. The van der Waals surface area contributed by atoms with Crippen LogP contribution in [0, 0.1) is 5.41 Å². The molecule has 172 valence electrons. The lowest BCUT2D eigenvalue weighted by atomic mass is 9.71. The van der Waals surface area contributed by atoms with Crippen LogP contribution in [-0.2, 0) is 4.74 Å². The number of nitrogens with zero attached hydrogens (tertiary/aromatic N) is 6. The van der Waals surface area contributed by atoms with Gasteiger partial charge in [0.2, 0.25) is 5.95 Å². The molecular weight excluding hydrogens is 400 g/mol. The third kappa shape index (κ3) is 4.99. The first-order valence-corrected chi connectivity index (χ1v) is 11.7. The summed E-state index contributed by atoms with van der Waals surface area (Å²) >= 11 is 0. The van der Waals surface area contributed by atoms with E-state index in [0.717, 1.165) is 42.9 Å². The van der Waals surface area contributed by atoms with Crippen LogP contribution in [0.25, 0.3) is 11.1 Å². The van der Waals surface area contributed by atoms with Crippen LogP contribution in [-0.4, -0.2) is 65.2 Å². The molecule has 0 N–H and O–H groups in total. The highest BCUT2D eigenvalue weighted by Gasteiger charge is 2.30. The molecule has 0 unspecified atom stereocenters. The van der Waals surface area contributed by atoms with Crippen molar-refractivity contribution in [3.8, 4) is 11.1 Å². The number of hydrogen-bond donors (Lipinski definition) is 0. The summed E-state index contributed by atoms with van der Waals surface area (Å²) in [4.78, 5) is 22.3. The molecule has 3 heterocycles. The molecule has 2 aliphatic rings. The van der Waals surface area contributed by atoms with Gasteiger partial charge in [-0.1, -0.05) is 25.0 Å². The third-order valence-electron chi connectivity index (χ3n) is 6.90. The molecule has 0 bridgehead atoms. The first-order valence-electron chi connectivity index (χ1n) is 11.7. The van der Waals surface area contributed by atoms with Crippen LogP contribution < -0.4 is 4.90 Å². The van der Waals surface area contributed by atoms with Gasteiger partial charge in [-0.2, -0.15) is 0 Å².